The average Bonchev–Trinajstić information content (AvgIpc) is 3.20. The molecule has 1 N–H and O–H groups in total. The Hall–Kier alpha value is -2.12. The number of hydrogen-bond acceptors (Lipinski definition) is 5. The Kier molecular flexibility index (Phi) is 5.88. The van der Waals surface area contributed by atoms with Crippen LogP contribution in [0.25, 0.3) is 0 Å². The van der Waals surface area contributed by atoms with Gasteiger partial charge in [0.2, 0.25) is 11.8 Å². The third-order valence-electron chi connectivity index (χ3n) is 3.85. The van der Waals surface area contributed by atoms with Crippen molar-refractivity contribution in [2.75, 3.05) is 6.54 Å². The zero-order valence-corrected chi connectivity index (χ0v) is 15.1. The minimum Gasteiger partial charge on any atom is -0.467 e. The molecule has 2 heterocycles. The summed E-state index contributed by atoms with van der Waals surface area (Å²) in [4.78, 5) is 26.1. The fourth-order valence-corrected chi connectivity index (χ4v) is 4.05. The Morgan fingerprint density at radius 2 is 2.04 bits per heavy atom. The molecular formula is C18H18N2O3S2. The highest BCUT2D eigenvalue weighted by Gasteiger charge is 2.38. The highest BCUT2D eigenvalue weighted by molar-refractivity contribution is 8.24. The first-order valence-electron chi connectivity index (χ1n) is 7.98. The lowest BCUT2D eigenvalue weighted by atomic mass is 10.1. The van der Waals surface area contributed by atoms with Crippen LogP contribution in [0.15, 0.2) is 53.1 Å². The number of carbonyl (C=O) groups is 2. The number of nitrogens with zero attached hydrogens (tertiary/aromatic N) is 1. The van der Waals surface area contributed by atoms with E-state index in [1.165, 1.54) is 22.2 Å². The molecule has 1 fully saturated rings. The van der Waals surface area contributed by atoms with E-state index in [1.54, 1.807) is 18.4 Å². The standard InChI is InChI=1S/C18H18N2O3S2/c21-16(19-9-8-13-5-2-1-3-6-13)11-15-17(22)20(18(24)25-15)12-14-7-4-10-23-14/h1-7,10,15H,8-9,11-12H2,(H,19,21). The lowest BCUT2D eigenvalue weighted by molar-refractivity contribution is -0.129. The normalized spacial score (nSPS) is 17.1. The van der Waals surface area contributed by atoms with Crippen molar-refractivity contribution in [1.29, 1.82) is 0 Å². The van der Waals surface area contributed by atoms with Crippen LogP contribution in [0.3, 0.4) is 0 Å². The summed E-state index contributed by atoms with van der Waals surface area (Å²) in [6, 6.07) is 13.5. The highest BCUT2D eigenvalue weighted by atomic mass is 32.2. The van der Waals surface area contributed by atoms with Crippen molar-refractivity contribution in [3.05, 3.63) is 60.1 Å². The van der Waals surface area contributed by atoms with Crippen LogP contribution in [0.4, 0.5) is 0 Å². The van der Waals surface area contributed by atoms with Gasteiger partial charge in [0.1, 0.15) is 10.1 Å². The van der Waals surface area contributed by atoms with Gasteiger partial charge in [-0.2, -0.15) is 0 Å². The molecule has 1 aromatic heterocycles. The molecule has 1 saturated heterocycles. The zero-order valence-electron chi connectivity index (χ0n) is 13.5. The summed E-state index contributed by atoms with van der Waals surface area (Å²) < 4.78 is 5.75. The summed E-state index contributed by atoms with van der Waals surface area (Å²) in [5.41, 5.74) is 1.17. The van der Waals surface area contributed by atoms with Crippen LogP contribution in [-0.4, -0.2) is 32.8 Å². The van der Waals surface area contributed by atoms with Gasteiger partial charge in [-0.1, -0.05) is 54.3 Å². The minimum atomic E-state index is -0.459. The van der Waals surface area contributed by atoms with Gasteiger partial charge in [0.15, 0.2) is 0 Å². The molecular weight excluding hydrogens is 356 g/mol. The topological polar surface area (TPSA) is 62.6 Å². The molecule has 0 radical (unpaired) electrons. The van der Waals surface area contributed by atoms with E-state index >= 15 is 0 Å². The molecule has 0 spiro atoms. The molecule has 130 valence electrons. The number of benzene rings is 1. The molecule has 1 aromatic carbocycles. The van der Waals surface area contributed by atoms with E-state index in [0.717, 1.165) is 6.42 Å². The molecule has 1 atom stereocenters. The maximum absolute atomic E-state index is 12.5. The maximum atomic E-state index is 12.5. The van der Waals surface area contributed by atoms with E-state index in [1.807, 2.05) is 30.3 Å². The Balaban J connectivity index is 1.46. The first-order chi connectivity index (χ1) is 12.1. The third kappa shape index (κ3) is 4.70. The van der Waals surface area contributed by atoms with Gasteiger partial charge >= 0.3 is 0 Å². The van der Waals surface area contributed by atoms with Crippen molar-refractivity contribution in [3.8, 4) is 0 Å². The van der Waals surface area contributed by atoms with Gasteiger partial charge < -0.3 is 9.73 Å². The second-order valence-corrected chi connectivity index (χ2v) is 7.50. The molecule has 7 heteroatoms. The third-order valence-corrected chi connectivity index (χ3v) is 5.43. The molecule has 0 aliphatic carbocycles. The summed E-state index contributed by atoms with van der Waals surface area (Å²) in [6.07, 6.45) is 2.46. The molecule has 1 unspecified atom stereocenters. The van der Waals surface area contributed by atoms with Gasteiger partial charge in [0.05, 0.1) is 18.1 Å². The summed E-state index contributed by atoms with van der Waals surface area (Å²) in [6.45, 7) is 0.860. The van der Waals surface area contributed by atoms with Gasteiger partial charge in [0.25, 0.3) is 0 Å². The van der Waals surface area contributed by atoms with Gasteiger partial charge in [-0.05, 0) is 24.1 Å². The molecule has 25 heavy (non-hydrogen) atoms. The number of nitrogens with one attached hydrogen (secondary N) is 1. The predicted octanol–water partition coefficient (Wildman–Crippen LogP) is 2.76. The summed E-state index contributed by atoms with van der Waals surface area (Å²) in [5.74, 6) is 0.401. The molecule has 1 aliphatic rings. The van der Waals surface area contributed by atoms with Crippen LogP contribution < -0.4 is 5.32 Å². The fourth-order valence-electron chi connectivity index (χ4n) is 2.56. The zero-order chi connectivity index (χ0) is 17.6. The van der Waals surface area contributed by atoms with Crippen molar-refractivity contribution in [3.63, 3.8) is 0 Å². The summed E-state index contributed by atoms with van der Waals surface area (Å²) >= 11 is 6.53. The van der Waals surface area contributed by atoms with E-state index in [0.29, 0.717) is 23.2 Å². The number of hydrogen-bond donors (Lipinski definition) is 1. The van der Waals surface area contributed by atoms with Gasteiger partial charge in [-0.15, -0.1) is 0 Å². The lowest BCUT2D eigenvalue weighted by Gasteiger charge is -2.13. The Labute approximate surface area is 155 Å². The summed E-state index contributed by atoms with van der Waals surface area (Å²) in [7, 11) is 0. The Morgan fingerprint density at radius 1 is 1.24 bits per heavy atom. The van der Waals surface area contributed by atoms with Gasteiger partial charge in [0, 0.05) is 13.0 Å². The minimum absolute atomic E-state index is 0.132. The highest BCUT2D eigenvalue weighted by Crippen LogP contribution is 2.30. The average molecular weight is 374 g/mol. The van der Waals surface area contributed by atoms with Crippen molar-refractivity contribution in [1.82, 2.24) is 10.2 Å². The molecule has 5 nitrogen and oxygen atoms in total. The second-order valence-electron chi connectivity index (χ2n) is 5.67. The fraction of sp³-hybridized carbons (Fsp3) is 0.278. The number of carbonyl (C=O) groups excluding carboxylic acids is 2. The summed E-state index contributed by atoms with van der Waals surface area (Å²) in [5, 5.41) is 2.41. The number of thiocarbonyl (C=S) groups is 1. The van der Waals surface area contributed by atoms with E-state index in [2.05, 4.69) is 5.32 Å². The van der Waals surface area contributed by atoms with Crippen LogP contribution >= 0.6 is 24.0 Å². The van der Waals surface area contributed by atoms with Crippen LogP contribution in [0.1, 0.15) is 17.7 Å². The van der Waals surface area contributed by atoms with Crippen LogP contribution in [0.5, 0.6) is 0 Å². The Morgan fingerprint density at radius 3 is 2.76 bits per heavy atom. The van der Waals surface area contributed by atoms with Crippen LogP contribution in [0.2, 0.25) is 0 Å². The Bertz CT molecular complexity index is 747. The molecule has 2 aromatic rings. The molecule has 2 amide bonds. The second kappa shape index (κ2) is 8.31. The molecule has 1 aliphatic heterocycles. The number of amides is 2. The first-order valence-corrected chi connectivity index (χ1v) is 9.27. The van der Waals surface area contributed by atoms with Crippen molar-refractivity contribution >= 4 is 40.1 Å². The number of furan rings is 1. The lowest BCUT2D eigenvalue weighted by Crippen LogP contribution is -2.34. The van der Waals surface area contributed by atoms with Crippen LogP contribution in [-0.2, 0) is 22.6 Å². The number of thioether (sulfide) groups is 1. The smallest absolute Gasteiger partial charge is 0.242 e. The predicted molar refractivity (Wildman–Crippen MR) is 101 cm³/mol. The van der Waals surface area contributed by atoms with E-state index in [9.17, 15) is 9.59 Å². The van der Waals surface area contributed by atoms with Crippen LogP contribution in [0, 0.1) is 0 Å². The van der Waals surface area contributed by atoms with E-state index in [-0.39, 0.29) is 18.2 Å². The van der Waals surface area contributed by atoms with Gasteiger partial charge in [-0.25, -0.2) is 0 Å². The molecule has 0 bridgehead atoms. The van der Waals surface area contributed by atoms with Crippen molar-refractivity contribution in [2.24, 2.45) is 0 Å². The maximum Gasteiger partial charge on any atom is 0.242 e. The quantitative estimate of drug-likeness (QED) is 0.755. The van der Waals surface area contributed by atoms with Crippen molar-refractivity contribution in [2.45, 2.75) is 24.6 Å². The van der Waals surface area contributed by atoms with E-state index in [4.69, 9.17) is 16.6 Å². The molecule has 0 saturated carbocycles. The van der Waals surface area contributed by atoms with E-state index < -0.39 is 5.25 Å². The van der Waals surface area contributed by atoms with Crippen molar-refractivity contribution < 1.29 is 14.0 Å². The first kappa shape index (κ1) is 17.7. The monoisotopic (exact) mass is 374 g/mol. The number of rotatable bonds is 7. The van der Waals surface area contributed by atoms with Gasteiger partial charge in [-0.3, -0.25) is 14.5 Å². The molecule has 3 rings (SSSR count). The SMILES string of the molecule is O=C(CC1SC(=S)N(Cc2ccco2)C1=O)NCCc1ccccc1. The largest absolute Gasteiger partial charge is 0.467 e.